The monoisotopic (exact) mass is 274 g/mol. The van der Waals surface area contributed by atoms with Crippen LogP contribution in [0.2, 0.25) is 0 Å². The van der Waals surface area contributed by atoms with Crippen molar-refractivity contribution in [1.82, 2.24) is 5.32 Å². The molecule has 0 saturated heterocycles. The first-order valence-corrected chi connectivity index (χ1v) is 5.02. The molecule has 2 rings (SSSR count). The lowest BCUT2D eigenvalue weighted by molar-refractivity contribution is -0.112. The van der Waals surface area contributed by atoms with E-state index in [1.54, 1.807) is 6.08 Å². The standard InChI is InChI=1S/C12H14N2O.2ClH/c1-2-9(12(13)15)10-5-3-4-8-6-14-7-11(8)10;;/h2-5,14H,6-7H2,1H3,(H2,13,15);2*1H. The number of nitrogens with two attached hydrogens (primary N) is 1. The molecule has 0 fully saturated rings. The van der Waals surface area contributed by atoms with Gasteiger partial charge in [-0.15, -0.1) is 24.8 Å². The predicted octanol–water partition coefficient (Wildman–Crippen LogP) is 2.02. The summed E-state index contributed by atoms with van der Waals surface area (Å²) >= 11 is 0. The second-order valence-electron chi connectivity index (χ2n) is 3.61. The number of primary amides is 1. The molecule has 1 amide bonds. The van der Waals surface area contributed by atoms with Gasteiger partial charge in [-0.25, -0.2) is 0 Å². The molecule has 5 heteroatoms. The van der Waals surface area contributed by atoms with Gasteiger partial charge >= 0.3 is 0 Å². The largest absolute Gasteiger partial charge is 0.366 e. The second kappa shape index (κ2) is 6.64. The topological polar surface area (TPSA) is 55.1 Å². The Morgan fingerprint density at radius 3 is 2.65 bits per heavy atom. The molecule has 0 atom stereocenters. The number of allylic oxidation sites excluding steroid dienone is 1. The Bertz CT molecular complexity index is 444. The van der Waals surface area contributed by atoms with E-state index >= 15 is 0 Å². The predicted molar refractivity (Wildman–Crippen MR) is 74.3 cm³/mol. The summed E-state index contributed by atoms with van der Waals surface area (Å²) in [4.78, 5) is 11.3. The Hall–Kier alpha value is -1.03. The van der Waals surface area contributed by atoms with Crippen LogP contribution in [0, 0.1) is 0 Å². The molecule has 3 nitrogen and oxygen atoms in total. The molecule has 3 N–H and O–H groups in total. The smallest absolute Gasteiger partial charge is 0.248 e. The van der Waals surface area contributed by atoms with E-state index in [9.17, 15) is 4.79 Å². The number of carbonyl (C=O) groups excluding carboxylic acids is 1. The minimum Gasteiger partial charge on any atom is -0.366 e. The number of fused-ring (bicyclic) bond motifs is 1. The summed E-state index contributed by atoms with van der Waals surface area (Å²) in [7, 11) is 0. The van der Waals surface area contributed by atoms with Crippen molar-refractivity contribution in [3.8, 4) is 0 Å². The average Bonchev–Trinajstić information content (AvgIpc) is 2.66. The van der Waals surface area contributed by atoms with Crippen LogP contribution < -0.4 is 11.1 Å². The van der Waals surface area contributed by atoms with E-state index in [1.807, 2.05) is 19.1 Å². The van der Waals surface area contributed by atoms with E-state index in [4.69, 9.17) is 5.73 Å². The fourth-order valence-electron chi connectivity index (χ4n) is 2.01. The highest BCUT2D eigenvalue weighted by Gasteiger charge is 2.17. The molecular formula is C12H16Cl2N2O. The van der Waals surface area contributed by atoms with Crippen LogP contribution in [0.1, 0.15) is 23.6 Å². The molecule has 0 spiro atoms. The summed E-state index contributed by atoms with van der Waals surface area (Å²) in [5.41, 5.74) is 9.37. The van der Waals surface area contributed by atoms with Gasteiger partial charge in [0.25, 0.3) is 0 Å². The minimum atomic E-state index is -0.363. The number of hydrogen-bond acceptors (Lipinski definition) is 2. The van der Waals surface area contributed by atoms with Crippen molar-refractivity contribution in [2.24, 2.45) is 5.73 Å². The third kappa shape index (κ3) is 3.00. The van der Waals surface area contributed by atoms with Gasteiger partial charge in [0.1, 0.15) is 0 Å². The third-order valence-electron chi connectivity index (χ3n) is 2.73. The lowest BCUT2D eigenvalue weighted by atomic mass is 9.96. The molecule has 1 aliphatic heterocycles. The Morgan fingerprint density at radius 1 is 1.35 bits per heavy atom. The summed E-state index contributed by atoms with van der Waals surface area (Å²) in [6, 6.07) is 5.99. The lowest BCUT2D eigenvalue weighted by Crippen LogP contribution is -2.14. The Balaban J connectivity index is 0.00000128. The number of rotatable bonds is 2. The maximum Gasteiger partial charge on any atom is 0.248 e. The molecule has 94 valence electrons. The normalized spacial score (nSPS) is 13.4. The van der Waals surface area contributed by atoms with Crippen LogP contribution in [0.15, 0.2) is 24.3 Å². The van der Waals surface area contributed by atoms with Crippen LogP contribution in [0.4, 0.5) is 0 Å². The van der Waals surface area contributed by atoms with Crippen molar-refractivity contribution in [1.29, 1.82) is 0 Å². The highest BCUT2D eigenvalue weighted by molar-refractivity contribution is 6.19. The van der Waals surface area contributed by atoms with Crippen molar-refractivity contribution in [3.63, 3.8) is 0 Å². The molecule has 0 aromatic heterocycles. The van der Waals surface area contributed by atoms with Crippen molar-refractivity contribution in [2.45, 2.75) is 20.0 Å². The number of benzene rings is 1. The van der Waals surface area contributed by atoms with Gasteiger partial charge in [0.15, 0.2) is 0 Å². The average molecular weight is 275 g/mol. The molecule has 1 aliphatic rings. The van der Waals surface area contributed by atoms with E-state index in [0.29, 0.717) is 5.57 Å². The molecule has 17 heavy (non-hydrogen) atoms. The van der Waals surface area contributed by atoms with Gasteiger partial charge in [-0.05, 0) is 23.6 Å². The van der Waals surface area contributed by atoms with Crippen molar-refractivity contribution in [3.05, 3.63) is 41.0 Å². The van der Waals surface area contributed by atoms with E-state index in [1.165, 1.54) is 11.1 Å². The number of nitrogens with one attached hydrogen (secondary N) is 1. The first kappa shape index (κ1) is 16.0. The minimum absolute atomic E-state index is 0. The summed E-state index contributed by atoms with van der Waals surface area (Å²) < 4.78 is 0. The molecule has 1 aromatic carbocycles. The van der Waals surface area contributed by atoms with Gasteiger partial charge in [0.05, 0.1) is 0 Å². The maximum atomic E-state index is 11.3. The SMILES string of the molecule is CC=C(C(N)=O)c1cccc2c1CNC2.Cl.Cl. The second-order valence-corrected chi connectivity index (χ2v) is 3.61. The molecule has 1 heterocycles. The van der Waals surface area contributed by atoms with Crippen LogP contribution in [0.3, 0.4) is 0 Å². The first-order valence-electron chi connectivity index (χ1n) is 5.02. The zero-order chi connectivity index (χ0) is 10.8. The van der Waals surface area contributed by atoms with Crippen LogP contribution in [0.5, 0.6) is 0 Å². The molecular weight excluding hydrogens is 259 g/mol. The summed E-state index contributed by atoms with van der Waals surface area (Å²) in [6.45, 7) is 3.52. The van der Waals surface area contributed by atoms with Crippen LogP contribution in [-0.4, -0.2) is 5.91 Å². The van der Waals surface area contributed by atoms with Gasteiger partial charge < -0.3 is 11.1 Å². The highest BCUT2D eigenvalue weighted by atomic mass is 35.5. The number of hydrogen-bond donors (Lipinski definition) is 2. The van der Waals surface area contributed by atoms with Crippen molar-refractivity contribution in [2.75, 3.05) is 0 Å². The zero-order valence-electron chi connectivity index (χ0n) is 9.53. The molecule has 0 radical (unpaired) electrons. The highest BCUT2D eigenvalue weighted by Crippen LogP contribution is 2.25. The number of halogens is 2. The number of amides is 1. The summed E-state index contributed by atoms with van der Waals surface area (Å²) in [5.74, 6) is -0.363. The van der Waals surface area contributed by atoms with Gasteiger partial charge in [0.2, 0.25) is 5.91 Å². The molecule has 0 unspecified atom stereocenters. The van der Waals surface area contributed by atoms with E-state index < -0.39 is 0 Å². The third-order valence-corrected chi connectivity index (χ3v) is 2.73. The van der Waals surface area contributed by atoms with Crippen molar-refractivity contribution >= 4 is 36.3 Å². The first-order chi connectivity index (χ1) is 7.24. The fraction of sp³-hybridized carbons (Fsp3) is 0.250. The summed E-state index contributed by atoms with van der Waals surface area (Å²) in [5, 5.41) is 3.27. The lowest BCUT2D eigenvalue weighted by Gasteiger charge is -2.08. The van der Waals surface area contributed by atoms with Crippen molar-refractivity contribution < 1.29 is 4.79 Å². The molecule has 0 bridgehead atoms. The van der Waals surface area contributed by atoms with E-state index in [0.717, 1.165) is 18.7 Å². The van der Waals surface area contributed by atoms with E-state index in [2.05, 4.69) is 11.4 Å². The maximum absolute atomic E-state index is 11.3. The number of carbonyl (C=O) groups is 1. The molecule has 0 aliphatic carbocycles. The van der Waals surface area contributed by atoms with Gasteiger partial charge in [-0.1, -0.05) is 24.3 Å². The quantitative estimate of drug-likeness (QED) is 0.811. The fourth-order valence-corrected chi connectivity index (χ4v) is 2.01. The zero-order valence-corrected chi connectivity index (χ0v) is 11.2. The van der Waals surface area contributed by atoms with Gasteiger partial charge in [0, 0.05) is 18.7 Å². The Labute approximate surface area is 113 Å². The Kier molecular flexibility index (Phi) is 6.24. The van der Waals surface area contributed by atoms with Gasteiger partial charge in [-0.3, -0.25) is 4.79 Å². The van der Waals surface area contributed by atoms with Crippen LogP contribution in [-0.2, 0) is 17.9 Å². The molecule has 0 saturated carbocycles. The van der Waals surface area contributed by atoms with E-state index in [-0.39, 0.29) is 30.7 Å². The Morgan fingerprint density at radius 2 is 2.06 bits per heavy atom. The summed E-state index contributed by atoms with van der Waals surface area (Å²) in [6.07, 6.45) is 1.77. The van der Waals surface area contributed by atoms with Crippen LogP contribution in [0.25, 0.3) is 5.57 Å². The molecule has 1 aromatic rings. The van der Waals surface area contributed by atoms with Gasteiger partial charge in [-0.2, -0.15) is 0 Å². The van der Waals surface area contributed by atoms with Crippen LogP contribution >= 0.6 is 24.8 Å².